The number of esters is 1. The zero-order valence-corrected chi connectivity index (χ0v) is 13.8. The van der Waals surface area contributed by atoms with Crippen LogP contribution in [0, 0.1) is 12.7 Å². The van der Waals surface area contributed by atoms with Gasteiger partial charge in [-0.25, -0.2) is 14.2 Å². The van der Waals surface area contributed by atoms with Crippen LogP contribution >= 0.6 is 11.3 Å². The summed E-state index contributed by atoms with van der Waals surface area (Å²) in [5.74, 6) is -0.839. The molecule has 0 aliphatic carbocycles. The molecule has 0 fully saturated rings. The molecule has 0 saturated heterocycles. The average Bonchev–Trinajstić information content (AvgIpc) is 3.23. The normalized spacial score (nSPS) is 10.5. The fourth-order valence-electron chi connectivity index (χ4n) is 1.90. The molecule has 0 saturated carbocycles. The van der Waals surface area contributed by atoms with E-state index in [0.29, 0.717) is 16.3 Å². The summed E-state index contributed by atoms with van der Waals surface area (Å²) in [5, 5.41) is 8.10. The first-order chi connectivity index (χ1) is 12.0. The maximum atomic E-state index is 12.9. The van der Waals surface area contributed by atoms with Gasteiger partial charge < -0.3 is 14.6 Å². The predicted molar refractivity (Wildman–Crippen MR) is 87.7 cm³/mol. The number of hydrogen-bond acceptors (Lipinski definition) is 7. The fraction of sp³-hybridized carbons (Fsp3) is 0.125. The molecule has 0 aliphatic rings. The lowest BCUT2D eigenvalue weighted by molar-refractivity contribution is -0.119. The highest BCUT2D eigenvalue weighted by Crippen LogP contribution is 2.24. The molecular formula is C16H12FN3O4S. The summed E-state index contributed by atoms with van der Waals surface area (Å²) in [6.45, 7) is 1.21. The minimum absolute atomic E-state index is 0.0782. The number of carbonyl (C=O) groups is 2. The molecule has 2 heterocycles. The number of hydrogen-bond donors (Lipinski definition) is 1. The third-order valence-corrected chi connectivity index (χ3v) is 3.93. The van der Waals surface area contributed by atoms with E-state index in [-0.39, 0.29) is 17.3 Å². The van der Waals surface area contributed by atoms with E-state index in [1.807, 2.05) is 0 Å². The number of aryl methyl sites for hydroxylation is 1. The molecule has 0 atom stereocenters. The minimum Gasteiger partial charge on any atom is -0.451 e. The first-order valence-electron chi connectivity index (χ1n) is 7.13. The van der Waals surface area contributed by atoms with Crippen molar-refractivity contribution in [1.29, 1.82) is 0 Å². The monoisotopic (exact) mass is 361 g/mol. The lowest BCUT2D eigenvalue weighted by Gasteiger charge is -2.02. The number of nitrogens with zero attached hydrogens (tertiary/aromatic N) is 2. The molecule has 128 valence electrons. The van der Waals surface area contributed by atoms with Crippen LogP contribution in [0.5, 0.6) is 0 Å². The number of amides is 1. The van der Waals surface area contributed by atoms with Crippen LogP contribution in [0.3, 0.4) is 0 Å². The fourth-order valence-corrected chi connectivity index (χ4v) is 2.70. The minimum atomic E-state index is -0.726. The van der Waals surface area contributed by atoms with Gasteiger partial charge in [-0.15, -0.1) is 11.3 Å². The zero-order valence-electron chi connectivity index (χ0n) is 13.0. The molecule has 1 aromatic carbocycles. The summed E-state index contributed by atoms with van der Waals surface area (Å²) in [5.41, 5.74) is 0.763. The number of aromatic nitrogens is 2. The predicted octanol–water partition coefficient (Wildman–Crippen LogP) is 3.04. The second-order valence-electron chi connectivity index (χ2n) is 4.99. The van der Waals surface area contributed by atoms with Gasteiger partial charge in [0, 0.05) is 17.0 Å². The summed E-state index contributed by atoms with van der Waals surface area (Å²) in [6.07, 6.45) is 0. The maximum absolute atomic E-state index is 12.9. The molecule has 9 heteroatoms. The summed E-state index contributed by atoms with van der Waals surface area (Å²) in [7, 11) is 0. The number of ether oxygens (including phenoxy) is 1. The Balaban J connectivity index is 1.56. The van der Waals surface area contributed by atoms with Crippen molar-refractivity contribution >= 4 is 29.0 Å². The van der Waals surface area contributed by atoms with E-state index in [1.165, 1.54) is 34.9 Å². The van der Waals surface area contributed by atoms with Gasteiger partial charge in [0.05, 0.1) is 0 Å². The van der Waals surface area contributed by atoms with E-state index in [2.05, 4.69) is 15.5 Å². The van der Waals surface area contributed by atoms with Gasteiger partial charge in [0.15, 0.2) is 18.1 Å². The van der Waals surface area contributed by atoms with Crippen molar-refractivity contribution in [3.05, 3.63) is 53.0 Å². The first kappa shape index (κ1) is 16.8. The second kappa shape index (κ2) is 7.22. The largest absolute Gasteiger partial charge is 0.451 e. The van der Waals surface area contributed by atoms with Gasteiger partial charge in [-0.1, -0.05) is 5.16 Å². The summed E-state index contributed by atoms with van der Waals surface area (Å²) in [4.78, 5) is 27.8. The van der Waals surface area contributed by atoms with Crippen molar-refractivity contribution in [3.8, 4) is 10.6 Å². The topological polar surface area (TPSA) is 94.3 Å². The van der Waals surface area contributed by atoms with Crippen LogP contribution in [0.25, 0.3) is 10.6 Å². The Morgan fingerprint density at radius 2 is 2.08 bits per heavy atom. The van der Waals surface area contributed by atoms with Crippen LogP contribution < -0.4 is 5.32 Å². The van der Waals surface area contributed by atoms with Gasteiger partial charge in [-0.05, 0) is 31.2 Å². The van der Waals surface area contributed by atoms with E-state index in [9.17, 15) is 14.0 Å². The van der Waals surface area contributed by atoms with Crippen molar-refractivity contribution in [2.45, 2.75) is 6.92 Å². The highest BCUT2D eigenvalue weighted by atomic mass is 32.1. The number of anilines is 1. The van der Waals surface area contributed by atoms with Crippen LogP contribution in [-0.2, 0) is 9.53 Å². The smallest absolute Gasteiger partial charge is 0.358 e. The highest BCUT2D eigenvalue weighted by Gasteiger charge is 2.15. The van der Waals surface area contributed by atoms with Gasteiger partial charge >= 0.3 is 5.97 Å². The standard InChI is InChI=1S/C16H12FN3O4S/c1-9-6-13(20-24-9)19-14(21)7-23-16(22)12-8-25-15(18-12)10-2-4-11(17)5-3-10/h2-6,8H,7H2,1H3,(H,19,20,21). The van der Waals surface area contributed by atoms with Crippen LogP contribution in [0.1, 0.15) is 16.2 Å². The Labute approximate surface area is 145 Å². The van der Waals surface area contributed by atoms with Crippen LogP contribution in [0.15, 0.2) is 40.2 Å². The van der Waals surface area contributed by atoms with Crippen molar-refractivity contribution < 1.29 is 23.2 Å². The summed E-state index contributed by atoms with van der Waals surface area (Å²) in [6, 6.07) is 7.29. The molecule has 3 aromatic rings. The van der Waals surface area contributed by atoms with E-state index < -0.39 is 18.5 Å². The molecule has 0 aliphatic heterocycles. The SMILES string of the molecule is Cc1cc(NC(=O)COC(=O)c2csc(-c3ccc(F)cc3)n2)no1. The Morgan fingerprint density at radius 3 is 2.76 bits per heavy atom. The Morgan fingerprint density at radius 1 is 1.32 bits per heavy atom. The molecule has 2 aromatic heterocycles. The average molecular weight is 361 g/mol. The van der Waals surface area contributed by atoms with E-state index in [0.717, 1.165) is 0 Å². The molecular weight excluding hydrogens is 349 g/mol. The molecule has 0 radical (unpaired) electrons. The zero-order chi connectivity index (χ0) is 17.8. The molecule has 25 heavy (non-hydrogen) atoms. The second-order valence-corrected chi connectivity index (χ2v) is 5.85. The molecule has 0 spiro atoms. The number of carbonyl (C=O) groups excluding carboxylic acids is 2. The summed E-state index contributed by atoms with van der Waals surface area (Å²) >= 11 is 1.22. The van der Waals surface area contributed by atoms with Gasteiger partial charge in [0.2, 0.25) is 0 Å². The van der Waals surface area contributed by atoms with Crippen LogP contribution in [-0.4, -0.2) is 28.6 Å². The molecule has 0 bridgehead atoms. The van der Waals surface area contributed by atoms with Crippen LogP contribution in [0.2, 0.25) is 0 Å². The molecule has 3 rings (SSSR count). The Hall–Kier alpha value is -3.07. The van der Waals surface area contributed by atoms with E-state index in [1.54, 1.807) is 19.1 Å². The number of benzene rings is 1. The summed E-state index contributed by atoms with van der Waals surface area (Å²) < 4.78 is 22.7. The van der Waals surface area contributed by atoms with E-state index >= 15 is 0 Å². The molecule has 1 amide bonds. The van der Waals surface area contributed by atoms with Crippen molar-refractivity contribution in [2.24, 2.45) is 0 Å². The maximum Gasteiger partial charge on any atom is 0.358 e. The number of thiazole rings is 1. The van der Waals surface area contributed by atoms with Gasteiger partial charge in [0.25, 0.3) is 5.91 Å². The lowest BCUT2D eigenvalue weighted by Crippen LogP contribution is -2.21. The van der Waals surface area contributed by atoms with Crippen molar-refractivity contribution in [1.82, 2.24) is 10.1 Å². The molecule has 7 nitrogen and oxygen atoms in total. The van der Waals surface area contributed by atoms with Gasteiger partial charge in [-0.2, -0.15) is 0 Å². The molecule has 0 unspecified atom stereocenters. The number of halogens is 1. The van der Waals surface area contributed by atoms with Crippen molar-refractivity contribution in [3.63, 3.8) is 0 Å². The molecule has 1 N–H and O–H groups in total. The number of rotatable bonds is 5. The lowest BCUT2D eigenvalue weighted by atomic mass is 10.2. The van der Waals surface area contributed by atoms with Crippen LogP contribution in [0.4, 0.5) is 10.2 Å². The highest BCUT2D eigenvalue weighted by molar-refractivity contribution is 7.13. The van der Waals surface area contributed by atoms with Crippen molar-refractivity contribution in [2.75, 3.05) is 11.9 Å². The van der Waals surface area contributed by atoms with E-state index in [4.69, 9.17) is 9.26 Å². The van der Waals surface area contributed by atoms with Gasteiger partial charge in [-0.3, -0.25) is 4.79 Å². The number of nitrogens with one attached hydrogen (secondary N) is 1. The first-order valence-corrected chi connectivity index (χ1v) is 8.01. The van der Waals surface area contributed by atoms with Gasteiger partial charge in [0.1, 0.15) is 16.6 Å². The Bertz CT molecular complexity index is 904. The Kier molecular flexibility index (Phi) is 4.85. The third kappa shape index (κ3) is 4.27. The third-order valence-electron chi connectivity index (χ3n) is 3.03. The quantitative estimate of drug-likeness (QED) is 0.702.